The smallest absolute Gasteiger partial charge is 0.239 e. The van der Waals surface area contributed by atoms with E-state index < -0.39 is 0 Å². The molecule has 0 bridgehead atoms. The molecule has 0 saturated carbocycles. The van der Waals surface area contributed by atoms with Crippen LogP contribution in [0.25, 0.3) is 0 Å². The van der Waals surface area contributed by atoms with Gasteiger partial charge in [-0.25, -0.2) is 0 Å². The number of ketones is 1. The van der Waals surface area contributed by atoms with Crippen LogP contribution in [0.1, 0.15) is 22.8 Å². The average Bonchev–Trinajstić information content (AvgIpc) is 2.60. The third kappa shape index (κ3) is 5.12. The Morgan fingerprint density at radius 3 is 2.42 bits per heavy atom. The van der Waals surface area contributed by atoms with Gasteiger partial charge in [0.15, 0.2) is 5.78 Å². The first-order chi connectivity index (χ1) is 11.6. The molecule has 2 rings (SSSR count). The third-order valence-electron chi connectivity index (χ3n) is 3.64. The molecule has 2 N–H and O–H groups in total. The highest BCUT2D eigenvalue weighted by atomic mass is 16.5. The van der Waals surface area contributed by atoms with Gasteiger partial charge in [0, 0.05) is 17.8 Å². The number of amides is 1. The van der Waals surface area contributed by atoms with Gasteiger partial charge in [-0.15, -0.1) is 0 Å². The van der Waals surface area contributed by atoms with E-state index >= 15 is 0 Å². The van der Waals surface area contributed by atoms with Crippen LogP contribution >= 0.6 is 0 Å². The highest BCUT2D eigenvalue weighted by Crippen LogP contribution is 2.15. The molecule has 0 atom stereocenters. The Kier molecular flexibility index (Phi) is 6.37. The number of nitrogens with one attached hydrogen (secondary N) is 2. The molecule has 126 valence electrons. The largest absolute Gasteiger partial charge is 0.497 e. The lowest BCUT2D eigenvalue weighted by Crippen LogP contribution is -2.31. The molecule has 0 aliphatic heterocycles. The number of carbonyl (C=O) groups is 2. The number of carbonyl (C=O) groups excluding carboxylic acids is 2. The van der Waals surface area contributed by atoms with Crippen LogP contribution in [0, 0.1) is 0 Å². The van der Waals surface area contributed by atoms with E-state index in [1.54, 1.807) is 25.3 Å². The van der Waals surface area contributed by atoms with E-state index in [1.807, 2.05) is 30.3 Å². The van der Waals surface area contributed by atoms with E-state index in [0.29, 0.717) is 17.8 Å². The lowest BCUT2D eigenvalue weighted by Gasteiger charge is -2.10. The molecule has 5 heteroatoms. The lowest BCUT2D eigenvalue weighted by molar-refractivity contribution is -0.119. The minimum Gasteiger partial charge on any atom is -0.497 e. The number of Topliss-reactive ketones (excluding diaryl/α,β-unsaturated/α-hetero) is 1. The molecule has 2 aromatic rings. The van der Waals surface area contributed by atoms with Gasteiger partial charge in [-0.05, 0) is 43.2 Å². The van der Waals surface area contributed by atoms with Crippen molar-refractivity contribution >= 4 is 17.4 Å². The summed E-state index contributed by atoms with van der Waals surface area (Å²) in [6, 6.07) is 14.9. The molecule has 1 amide bonds. The first kappa shape index (κ1) is 17.5. The zero-order valence-electron chi connectivity index (χ0n) is 14.0. The highest BCUT2D eigenvalue weighted by molar-refractivity contribution is 6.00. The predicted molar refractivity (Wildman–Crippen MR) is 94.6 cm³/mol. The Labute approximate surface area is 142 Å². The summed E-state index contributed by atoms with van der Waals surface area (Å²) in [5.74, 6) is 0.677. The Morgan fingerprint density at radius 1 is 1.04 bits per heavy atom. The van der Waals surface area contributed by atoms with Gasteiger partial charge in [0.2, 0.25) is 5.91 Å². The minimum absolute atomic E-state index is 0.0296. The van der Waals surface area contributed by atoms with Crippen molar-refractivity contribution < 1.29 is 14.3 Å². The van der Waals surface area contributed by atoms with Gasteiger partial charge in [-0.3, -0.25) is 9.59 Å². The first-order valence-electron chi connectivity index (χ1n) is 7.83. The molecule has 0 aliphatic rings. The van der Waals surface area contributed by atoms with Crippen LogP contribution in [0.5, 0.6) is 5.75 Å². The SMILES string of the molecule is COc1ccc(CCNC(=O)CNc2ccccc2C(C)=O)cc1. The van der Waals surface area contributed by atoms with Crippen molar-refractivity contribution in [2.75, 3.05) is 25.5 Å². The molecule has 5 nitrogen and oxygen atoms in total. The summed E-state index contributed by atoms with van der Waals surface area (Å²) in [7, 11) is 1.63. The van der Waals surface area contributed by atoms with Gasteiger partial charge in [-0.2, -0.15) is 0 Å². The van der Waals surface area contributed by atoms with Crippen LogP contribution in [0.2, 0.25) is 0 Å². The van der Waals surface area contributed by atoms with E-state index in [-0.39, 0.29) is 18.2 Å². The second-order valence-electron chi connectivity index (χ2n) is 5.40. The van der Waals surface area contributed by atoms with Crippen molar-refractivity contribution in [1.29, 1.82) is 0 Å². The molecule has 0 radical (unpaired) electrons. The second-order valence-corrected chi connectivity index (χ2v) is 5.40. The number of hydrogen-bond acceptors (Lipinski definition) is 4. The van der Waals surface area contributed by atoms with Crippen LogP contribution < -0.4 is 15.4 Å². The molecule has 0 heterocycles. The van der Waals surface area contributed by atoms with Crippen LogP contribution in [-0.2, 0) is 11.2 Å². The number of methoxy groups -OCH3 is 1. The van der Waals surface area contributed by atoms with Crippen molar-refractivity contribution in [1.82, 2.24) is 5.32 Å². The Morgan fingerprint density at radius 2 is 1.75 bits per heavy atom. The fraction of sp³-hybridized carbons (Fsp3) is 0.263. The van der Waals surface area contributed by atoms with Gasteiger partial charge >= 0.3 is 0 Å². The predicted octanol–water partition coefficient (Wildman–Crippen LogP) is 2.67. The van der Waals surface area contributed by atoms with Crippen molar-refractivity contribution in [3.63, 3.8) is 0 Å². The topological polar surface area (TPSA) is 67.4 Å². The van der Waals surface area contributed by atoms with Crippen molar-refractivity contribution in [3.8, 4) is 5.75 Å². The number of hydrogen-bond donors (Lipinski definition) is 2. The third-order valence-corrected chi connectivity index (χ3v) is 3.64. The molecular weight excluding hydrogens is 304 g/mol. The van der Waals surface area contributed by atoms with Gasteiger partial charge in [0.25, 0.3) is 0 Å². The Bertz CT molecular complexity index is 696. The molecule has 0 aliphatic carbocycles. The minimum atomic E-state index is -0.109. The van der Waals surface area contributed by atoms with E-state index in [9.17, 15) is 9.59 Å². The summed E-state index contributed by atoms with van der Waals surface area (Å²) in [6.45, 7) is 2.20. The second kappa shape index (κ2) is 8.72. The number of benzene rings is 2. The number of para-hydroxylation sites is 1. The first-order valence-corrected chi connectivity index (χ1v) is 7.83. The van der Waals surface area contributed by atoms with E-state index in [4.69, 9.17) is 4.74 Å². The van der Waals surface area contributed by atoms with E-state index in [2.05, 4.69) is 10.6 Å². The van der Waals surface area contributed by atoms with Crippen molar-refractivity contribution in [3.05, 3.63) is 59.7 Å². The van der Waals surface area contributed by atoms with Crippen molar-refractivity contribution in [2.45, 2.75) is 13.3 Å². The number of anilines is 1. The molecule has 0 saturated heterocycles. The fourth-order valence-corrected chi connectivity index (χ4v) is 2.32. The number of ether oxygens (including phenoxy) is 1. The normalized spacial score (nSPS) is 10.1. The lowest BCUT2D eigenvalue weighted by atomic mass is 10.1. The maximum absolute atomic E-state index is 11.9. The Hall–Kier alpha value is -2.82. The summed E-state index contributed by atoms with van der Waals surface area (Å²) in [5, 5.41) is 5.87. The summed E-state index contributed by atoms with van der Waals surface area (Å²) in [4.78, 5) is 23.4. The van der Waals surface area contributed by atoms with Gasteiger partial charge in [0.1, 0.15) is 5.75 Å². The average molecular weight is 326 g/mol. The number of rotatable bonds is 8. The molecule has 0 spiro atoms. The van der Waals surface area contributed by atoms with E-state index in [0.717, 1.165) is 17.7 Å². The van der Waals surface area contributed by atoms with Gasteiger partial charge < -0.3 is 15.4 Å². The Balaban J connectivity index is 1.76. The quantitative estimate of drug-likeness (QED) is 0.732. The van der Waals surface area contributed by atoms with E-state index in [1.165, 1.54) is 6.92 Å². The molecule has 0 unspecified atom stereocenters. The van der Waals surface area contributed by atoms with Crippen LogP contribution in [0.15, 0.2) is 48.5 Å². The molecule has 0 aromatic heterocycles. The summed E-state index contributed by atoms with van der Waals surface area (Å²) in [5.41, 5.74) is 2.39. The maximum atomic E-state index is 11.9. The van der Waals surface area contributed by atoms with Crippen molar-refractivity contribution in [2.24, 2.45) is 0 Å². The summed E-state index contributed by atoms with van der Waals surface area (Å²) in [6.07, 6.45) is 0.750. The monoisotopic (exact) mass is 326 g/mol. The fourth-order valence-electron chi connectivity index (χ4n) is 2.32. The zero-order valence-corrected chi connectivity index (χ0v) is 14.0. The highest BCUT2D eigenvalue weighted by Gasteiger charge is 2.07. The standard InChI is InChI=1S/C19H22N2O3/c1-14(22)17-5-3-4-6-18(17)21-13-19(23)20-12-11-15-7-9-16(24-2)10-8-15/h3-10,21H,11-13H2,1-2H3,(H,20,23). The molecular formula is C19H22N2O3. The molecule has 2 aromatic carbocycles. The molecule has 0 fully saturated rings. The van der Waals surface area contributed by atoms with Crippen LogP contribution in [-0.4, -0.2) is 31.9 Å². The summed E-state index contributed by atoms with van der Waals surface area (Å²) >= 11 is 0. The van der Waals surface area contributed by atoms with Gasteiger partial charge in [-0.1, -0.05) is 24.3 Å². The summed E-state index contributed by atoms with van der Waals surface area (Å²) < 4.78 is 5.11. The van der Waals surface area contributed by atoms with Crippen LogP contribution in [0.3, 0.4) is 0 Å². The van der Waals surface area contributed by atoms with Crippen LogP contribution in [0.4, 0.5) is 5.69 Å². The zero-order chi connectivity index (χ0) is 17.4. The van der Waals surface area contributed by atoms with Gasteiger partial charge in [0.05, 0.1) is 13.7 Å². The molecule has 24 heavy (non-hydrogen) atoms. The maximum Gasteiger partial charge on any atom is 0.239 e.